The highest BCUT2D eigenvalue weighted by Gasteiger charge is 2.32. The largest absolute Gasteiger partial charge is 0.340 e. The van der Waals surface area contributed by atoms with Crippen molar-refractivity contribution in [3.63, 3.8) is 0 Å². The van der Waals surface area contributed by atoms with Crippen LogP contribution in [-0.2, 0) is 11.3 Å². The maximum Gasteiger partial charge on any atom is 0.266 e. The van der Waals surface area contributed by atoms with Crippen LogP contribution in [-0.4, -0.2) is 43.6 Å². The Labute approximate surface area is 181 Å². The first kappa shape index (κ1) is 20.2. The van der Waals surface area contributed by atoms with Crippen molar-refractivity contribution < 1.29 is 18.0 Å². The summed E-state index contributed by atoms with van der Waals surface area (Å²) in [7, 11) is 0. The SMILES string of the molecule is O=C(Cn1ncc2ncc(-c3ccc(F)c(C(F)F)c3)cc21)N1CC(c2cccnc2)C1. The van der Waals surface area contributed by atoms with E-state index in [0.29, 0.717) is 35.2 Å². The Morgan fingerprint density at radius 1 is 1.09 bits per heavy atom. The van der Waals surface area contributed by atoms with Gasteiger partial charge in [0.25, 0.3) is 6.43 Å². The van der Waals surface area contributed by atoms with Crippen LogP contribution in [0, 0.1) is 5.82 Å². The van der Waals surface area contributed by atoms with Gasteiger partial charge in [0.2, 0.25) is 5.91 Å². The van der Waals surface area contributed by atoms with Crippen LogP contribution in [0.25, 0.3) is 22.2 Å². The lowest BCUT2D eigenvalue weighted by Crippen LogP contribution is -2.49. The summed E-state index contributed by atoms with van der Waals surface area (Å²) in [6.45, 7) is 1.29. The quantitative estimate of drug-likeness (QED) is 0.470. The van der Waals surface area contributed by atoms with E-state index >= 15 is 0 Å². The van der Waals surface area contributed by atoms with Crippen molar-refractivity contribution in [1.82, 2.24) is 24.6 Å². The molecule has 0 saturated carbocycles. The van der Waals surface area contributed by atoms with Gasteiger partial charge in [0.1, 0.15) is 17.9 Å². The summed E-state index contributed by atoms with van der Waals surface area (Å²) in [5.74, 6) is -0.743. The van der Waals surface area contributed by atoms with Gasteiger partial charge in [0, 0.05) is 43.2 Å². The van der Waals surface area contributed by atoms with Gasteiger partial charge in [-0.05, 0) is 35.4 Å². The average molecular weight is 437 g/mol. The van der Waals surface area contributed by atoms with Crippen molar-refractivity contribution in [3.8, 4) is 11.1 Å². The Hall–Kier alpha value is -3.75. The lowest BCUT2D eigenvalue weighted by atomic mass is 9.93. The molecule has 1 aliphatic heterocycles. The predicted molar refractivity (Wildman–Crippen MR) is 111 cm³/mol. The first-order valence-electron chi connectivity index (χ1n) is 10.1. The molecule has 5 rings (SSSR count). The van der Waals surface area contributed by atoms with E-state index in [1.54, 1.807) is 28.0 Å². The molecule has 4 aromatic rings. The van der Waals surface area contributed by atoms with E-state index in [-0.39, 0.29) is 18.4 Å². The van der Waals surface area contributed by atoms with Crippen LogP contribution >= 0.6 is 0 Å². The lowest BCUT2D eigenvalue weighted by Gasteiger charge is -2.39. The zero-order valence-corrected chi connectivity index (χ0v) is 16.8. The summed E-state index contributed by atoms with van der Waals surface area (Å²) >= 11 is 0. The van der Waals surface area contributed by atoms with E-state index in [9.17, 15) is 18.0 Å². The second-order valence-electron chi connectivity index (χ2n) is 7.75. The van der Waals surface area contributed by atoms with Crippen molar-refractivity contribution in [2.75, 3.05) is 13.1 Å². The third-order valence-corrected chi connectivity index (χ3v) is 5.73. The number of nitrogens with zero attached hydrogens (tertiary/aromatic N) is 5. The Balaban J connectivity index is 1.35. The number of benzene rings is 1. The predicted octanol–water partition coefficient (Wildman–Crippen LogP) is 4.20. The summed E-state index contributed by atoms with van der Waals surface area (Å²) in [6, 6.07) is 9.17. The van der Waals surface area contributed by atoms with Crippen molar-refractivity contribution >= 4 is 16.9 Å². The van der Waals surface area contributed by atoms with Crippen molar-refractivity contribution in [3.05, 3.63) is 78.1 Å². The van der Waals surface area contributed by atoms with Gasteiger partial charge in [-0.1, -0.05) is 12.1 Å². The Bertz CT molecular complexity index is 1290. The van der Waals surface area contributed by atoms with E-state index in [4.69, 9.17) is 0 Å². The maximum atomic E-state index is 13.6. The highest BCUT2D eigenvalue weighted by atomic mass is 19.3. The fraction of sp³-hybridized carbons (Fsp3) is 0.217. The van der Waals surface area contributed by atoms with E-state index in [0.717, 1.165) is 17.7 Å². The van der Waals surface area contributed by atoms with Crippen LogP contribution in [0.5, 0.6) is 0 Å². The second-order valence-corrected chi connectivity index (χ2v) is 7.75. The number of likely N-dealkylation sites (tertiary alicyclic amines) is 1. The van der Waals surface area contributed by atoms with E-state index in [1.165, 1.54) is 12.3 Å². The molecular weight excluding hydrogens is 419 g/mol. The molecule has 0 spiro atoms. The molecule has 0 N–H and O–H groups in total. The standard InChI is InChI=1S/C23H18F3N5O/c24-19-4-3-14(6-18(19)23(25)26)16-7-21-20(28-9-16)10-29-31(21)13-22(32)30-11-17(12-30)15-2-1-5-27-8-15/h1-10,17,23H,11-13H2. The van der Waals surface area contributed by atoms with Crippen LogP contribution in [0.3, 0.4) is 0 Å². The molecule has 3 aromatic heterocycles. The minimum atomic E-state index is -2.91. The van der Waals surface area contributed by atoms with Crippen LogP contribution in [0.4, 0.5) is 13.2 Å². The minimum Gasteiger partial charge on any atom is -0.340 e. The first-order valence-corrected chi connectivity index (χ1v) is 10.1. The van der Waals surface area contributed by atoms with Gasteiger partial charge in [-0.15, -0.1) is 0 Å². The summed E-state index contributed by atoms with van der Waals surface area (Å²) in [6.07, 6.45) is 3.69. The number of halogens is 3. The van der Waals surface area contributed by atoms with Gasteiger partial charge in [0.05, 0.1) is 17.3 Å². The lowest BCUT2D eigenvalue weighted by molar-refractivity contribution is -0.136. The molecule has 1 fully saturated rings. The zero-order chi connectivity index (χ0) is 22.2. The fourth-order valence-electron chi connectivity index (χ4n) is 3.87. The topological polar surface area (TPSA) is 63.9 Å². The van der Waals surface area contributed by atoms with Crippen LogP contribution in [0.1, 0.15) is 23.5 Å². The summed E-state index contributed by atoms with van der Waals surface area (Å²) in [4.78, 5) is 22.9. The smallest absolute Gasteiger partial charge is 0.266 e. The normalized spacial score (nSPS) is 14.2. The number of pyridine rings is 2. The Kier molecular flexibility index (Phi) is 5.08. The van der Waals surface area contributed by atoms with Gasteiger partial charge in [0.15, 0.2) is 0 Å². The monoisotopic (exact) mass is 437 g/mol. The summed E-state index contributed by atoms with van der Waals surface area (Å²) in [5, 5.41) is 4.26. The third-order valence-electron chi connectivity index (χ3n) is 5.73. The minimum absolute atomic E-state index is 0.0418. The molecule has 0 radical (unpaired) electrons. The fourth-order valence-corrected chi connectivity index (χ4v) is 3.87. The van der Waals surface area contributed by atoms with Crippen molar-refractivity contribution in [2.45, 2.75) is 18.9 Å². The van der Waals surface area contributed by atoms with Gasteiger partial charge >= 0.3 is 0 Å². The average Bonchev–Trinajstić information content (AvgIpc) is 3.15. The molecule has 0 aliphatic carbocycles. The maximum absolute atomic E-state index is 13.6. The highest BCUT2D eigenvalue weighted by molar-refractivity contribution is 5.83. The van der Waals surface area contributed by atoms with Gasteiger partial charge in [-0.3, -0.25) is 19.4 Å². The van der Waals surface area contributed by atoms with Crippen molar-refractivity contribution in [2.24, 2.45) is 0 Å². The van der Waals surface area contributed by atoms with E-state index < -0.39 is 17.8 Å². The summed E-state index contributed by atoms with van der Waals surface area (Å²) < 4.78 is 41.3. The molecule has 6 nitrogen and oxygen atoms in total. The molecule has 1 amide bonds. The number of alkyl halides is 2. The molecule has 0 bridgehead atoms. The molecule has 0 unspecified atom stereocenters. The molecule has 1 saturated heterocycles. The number of aromatic nitrogens is 4. The number of carbonyl (C=O) groups excluding carboxylic acids is 1. The number of carbonyl (C=O) groups is 1. The molecule has 9 heteroatoms. The number of hydrogen-bond acceptors (Lipinski definition) is 4. The summed E-state index contributed by atoms with van der Waals surface area (Å²) in [5.41, 5.74) is 2.58. The van der Waals surface area contributed by atoms with E-state index in [2.05, 4.69) is 15.1 Å². The Morgan fingerprint density at radius 2 is 1.94 bits per heavy atom. The molecule has 1 aromatic carbocycles. The number of hydrogen-bond donors (Lipinski definition) is 0. The third kappa shape index (κ3) is 3.70. The molecule has 32 heavy (non-hydrogen) atoms. The molecule has 0 atom stereocenters. The molecular formula is C23H18F3N5O. The highest BCUT2D eigenvalue weighted by Crippen LogP contribution is 2.30. The second kappa shape index (κ2) is 8.07. The van der Waals surface area contributed by atoms with Crippen LogP contribution in [0.15, 0.2) is 61.2 Å². The number of amides is 1. The van der Waals surface area contributed by atoms with Gasteiger partial charge in [-0.2, -0.15) is 5.10 Å². The molecule has 4 heterocycles. The Morgan fingerprint density at radius 3 is 2.69 bits per heavy atom. The van der Waals surface area contributed by atoms with Crippen LogP contribution in [0.2, 0.25) is 0 Å². The van der Waals surface area contributed by atoms with Crippen molar-refractivity contribution in [1.29, 1.82) is 0 Å². The van der Waals surface area contributed by atoms with Crippen LogP contribution < -0.4 is 0 Å². The van der Waals surface area contributed by atoms with E-state index in [1.807, 2.05) is 18.3 Å². The molecule has 162 valence electrons. The van der Waals surface area contributed by atoms with Gasteiger partial charge in [-0.25, -0.2) is 13.2 Å². The number of rotatable bonds is 5. The van der Waals surface area contributed by atoms with Gasteiger partial charge < -0.3 is 4.90 Å². The number of fused-ring (bicyclic) bond motifs is 1. The zero-order valence-electron chi connectivity index (χ0n) is 16.8. The first-order chi connectivity index (χ1) is 15.5. The molecule has 1 aliphatic rings.